The quantitative estimate of drug-likeness (QED) is 0.831. The molecule has 2 rings (SSSR count). The van der Waals surface area contributed by atoms with E-state index < -0.39 is 5.91 Å². The first-order valence-corrected chi connectivity index (χ1v) is 6.26. The van der Waals surface area contributed by atoms with Crippen LogP contribution in [0.25, 0.3) is 0 Å². The SMILES string of the molecule is Cc1nc(N)sc1C(=O)Nc1ncnc(Cl)c1Cl. The molecular weight excluding hydrogens is 297 g/mol. The molecule has 9 heteroatoms. The van der Waals surface area contributed by atoms with Crippen molar-refractivity contribution in [2.24, 2.45) is 0 Å². The summed E-state index contributed by atoms with van der Waals surface area (Å²) >= 11 is 12.7. The van der Waals surface area contributed by atoms with E-state index in [2.05, 4.69) is 20.3 Å². The van der Waals surface area contributed by atoms with Crippen molar-refractivity contribution in [3.05, 3.63) is 27.1 Å². The third kappa shape index (κ3) is 2.53. The van der Waals surface area contributed by atoms with Crippen molar-refractivity contribution in [1.82, 2.24) is 15.0 Å². The summed E-state index contributed by atoms with van der Waals surface area (Å²) in [6, 6.07) is 0. The van der Waals surface area contributed by atoms with E-state index in [0.717, 1.165) is 11.3 Å². The van der Waals surface area contributed by atoms with E-state index in [1.165, 1.54) is 6.33 Å². The van der Waals surface area contributed by atoms with Crippen molar-refractivity contribution >= 4 is 51.4 Å². The average Bonchev–Trinajstić information content (AvgIpc) is 2.64. The maximum absolute atomic E-state index is 12.0. The molecule has 0 aliphatic carbocycles. The minimum absolute atomic E-state index is 0.0718. The Morgan fingerprint density at radius 1 is 1.44 bits per heavy atom. The lowest BCUT2D eigenvalue weighted by Crippen LogP contribution is -2.13. The van der Waals surface area contributed by atoms with Crippen LogP contribution in [0.3, 0.4) is 0 Å². The third-order valence-electron chi connectivity index (χ3n) is 2.00. The molecule has 0 spiro atoms. The molecule has 0 aliphatic heterocycles. The van der Waals surface area contributed by atoms with Gasteiger partial charge in [-0.25, -0.2) is 15.0 Å². The topological polar surface area (TPSA) is 93.8 Å². The van der Waals surface area contributed by atoms with Crippen LogP contribution >= 0.6 is 34.5 Å². The fourth-order valence-electron chi connectivity index (χ4n) is 1.23. The number of nitrogens with one attached hydrogen (secondary N) is 1. The number of nitrogen functional groups attached to an aromatic ring is 1. The predicted octanol–water partition coefficient (Wildman–Crippen LogP) is 2.38. The van der Waals surface area contributed by atoms with Gasteiger partial charge in [-0.05, 0) is 6.92 Å². The first-order chi connectivity index (χ1) is 8.49. The number of aryl methyl sites for hydroxylation is 1. The second-order valence-electron chi connectivity index (χ2n) is 3.25. The van der Waals surface area contributed by atoms with Crippen LogP contribution in [0, 0.1) is 6.92 Å². The molecule has 2 heterocycles. The number of thiazole rings is 1. The maximum Gasteiger partial charge on any atom is 0.268 e. The Morgan fingerprint density at radius 2 is 2.17 bits per heavy atom. The van der Waals surface area contributed by atoms with Gasteiger partial charge in [-0.15, -0.1) is 0 Å². The Kier molecular flexibility index (Phi) is 3.65. The van der Waals surface area contributed by atoms with Crippen molar-refractivity contribution in [3.63, 3.8) is 0 Å². The molecule has 2 aromatic heterocycles. The summed E-state index contributed by atoms with van der Waals surface area (Å²) < 4.78 is 0. The number of nitrogens with two attached hydrogens (primary N) is 1. The second kappa shape index (κ2) is 5.05. The van der Waals surface area contributed by atoms with Gasteiger partial charge < -0.3 is 11.1 Å². The van der Waals surface area contributed by atoms with Crippen LogP contribution in [0.5, 0.6) is 0 Å². The fraction of sp³-hybridized carbons (Fsp3) is 0.111. The van der Waals surface area contributed by atoms with Gasteiger partial charge in [0.2, 0.25) is 0 Å². The lowest BCUT2D eigenvalue weighted by atomic mass is 10.4. The summed E-state index contributed by atoms with van der Waals surface area (Å²) in [5.74, 6) is -0.244. The smallest absolute Gasteiger partial charge is 0.268 e. The fourth-order valence-corrected chi connectivity index (χ4v) is 2.23. The first kappa shape index (κ1) is 13.0. The van der Waals surface area contributed by atoms with Crippen LogP contribution in [-0.2, 0) is 0 Å². The second-order valence-corrected chi connectivity index (χ2v) is 5.01. The van der Waals surface area contributed by atoms with Crippen LogP contribution in [0.4, 0.5) is 10.9 Å². The van der Waals surface area contributed by atoms with Crippen LogP contribution in [0.15, 0.2) is 6.33 Å². The van der Waals surface area contributed by atoms with Gasteiger partial charge in [0.15, 0.2) is 16.1 Å². The molecule has 0 radical (unpaired) electrons. The van der Waals surface area contributed by atoms with E-state index in [1.54, 1.807) is 6.92 Å². The summed E-state index contributed by atoms with van der Waals surface area (Å²) in [6.07, 6.45) is 1.21. The lowest BCUT2D eigenvalue weighted by Gasteiger charge is -2.05. The van der Waals surface area contributed by atoms with Crippen molar-refractivity contribution in [1.29, 1.82) is 0 Å². The van der Waals surface area contributed by atoms with Gasteiger partial charge in [0.25, 0.3) is 5.91 Å². The van der Waals surface area contributed by atoms with E-state index in [4.69, 9.17) is 28.9 Å². The number of carbonyl (C=O) groups excluding carboxylic acids is 1. The number of nitrogens with zero attached hydrogens (tertiary/aromatic N) is 3. The molecule has 0 atom stereocenters. The molecule has 3 N–H and O–H groups in total. The lowest BCUT2D eigenvalue weighted by molar-refractivity contribution is 0.102. The average molecular weight is 304 g/mol. The molecule has 0 fully saturated rings. The highest BCUT2D eigenvalue weighted by Gasteiger charge is 2.17. The van der Waals surface area contributed by atoms with E-state index in [1.807, 2.05) is 0 Å². The van der Waals surface area contributed by atoms with Crippen molar-refractivity contribution in [3.8, 4) is 0 Å². The van der Waals surface area contributed by atoms with E-state index in [0.29, 0.717) is 15.7 Å². The molecule has 0 saturated heterocycles. The van der Waals surface area contributed by atoms with Crippen LogP contribution in [0.2, 0.25) is 10.2 Å². The highest BCUT2D eigenvalue weighted by atomic mass is 35.5. The van der Waals surface area contributed by atoms with Crippen LogP contribution in [0.1, 0.15) is 15.4 Å². The predicted molar refractivity (Wildman–Crippen MR) is 71.3 cm³/mol. The molecule has 0 saturated carbocycles. The Bertz CT molecular complexity index is 615. The molecule has 0 unspecified atom stereocenters. The highest BCUT2D eigenvalue weighted by molar-refractivity contribution is 7.17. The summed E-state index contributed by atoms with van der Waals surface area (Å²) in [4.78, 5) is 23.8. The van der Waals surface area contributed by atoms with Crippen LogP contribution < -0.4 is 11.1 Å². The Balaban J connectivity index is 2.27. The maximum atomic E-state index is 12.0. The van der Waals surface area contributed by atoms with Gasteiger partial charge in [-0.1, -0.05) is 34.5 Å². The minimum atomic E-state index is -0.390. The van der Waals surface area contributed by atoms with Gasteiger partial charge in [-0.2, -0.15) is 0 Å². The van der Waals surface area contributed by atoms with Gasteiger partial charge in [0, 0.05) is 0 Å². The molecule has 0 aromatic carbocycles. The Hall–Kier alpha value is -1.44. The monoisotopic (exact) mass is 303 g/mol. The number of rotatable bonds is 2. The Morgan fingerprint density at radius 3 is 2.78 bits per heavy atom. The standard InChI is InChI=1S/C9H7Cl2N5OS/c1-3-5(18-9(12)15-3)8(17)16-7-4(10)6(11)13-2-14-7/h2H,1H3,(H2,12,15)(H,13,14,16,17). The van der Waals surface area contributed by atoms with Gasteiger partial charge in [0.05, 0.1) is 5.69 Å². The Labute approximate surface area is 116 Å². The first-order valence-electron chi connectivity index (χ1n) is 4.69. The summed E-state index contributed by atoms with van der Waals surface area (Å²) in [5.41, 5.74) is 6.07. The largest absolute Gasteiger partial charge is 0.375 e. The number of anilines is 2. The van der Waals surface area contributed by atoms with Crippen molar-refractivity contribution in [2.45, 2.75) is 6.92 Å². The number of carbonyl (C=O) groups is 1. The summed E-state index contributed by atoms with van der Waals surface area (Å²) in [7, 11) is 0. The van der Waals surface area contributed by atoms with Crippen LogP contribution in [-0.4, -0.2) is 20.9 Å². The van der Waals surface area contributed by atoms with Gasteiger partial charge in [-0.3, -0.25) is 4.79 Å². The number of halogens is 2. The van der Waals surface area contributed by atoms with Gasteiger partial charge >= 0.3 is 0 Å². The zero-order valence-electron chi connectivity index (χ0n) is 9.07. The zero-order valence-corrected chi connectivity index (χ0v) is 11.4. The highest BCUT2D eigenvalue weighted by Crippen LogP contribution is 2.27. The van der Waals surface area contributed by atoms with E-state index >= 15 is 0 Å². The molecule has 1 amide bonds. The molecule has 0 bridgehead atoms. The number of amides is 1. The summed E-state index contributed by atoms with van der Waals surface area (Å²) in [5, 5.41) is 3.01. The van der Waals surface area contributed by atoms with Gasteiger partial charge in [0.1, 0.15) is 16.2 Å². The normalized spacial score (nSPS) is 10.4. The number of aromatic nitrogens is 3. The zero-order chi connectivity index (χ0) is 13.3. The third-order valence-corrected chi connectivity index (χ3v) is 3.72. The van der Waals surface area contributed by atoms with E-state index in [-0.39, 0.29) is 16.0 Å². The molecule has 2 aromatic rings. The molecule has 94 valence electrons. The molecule has 0 aliphatic rings. The number of hydrogen-bond acceptors (Lipinski definition) is 6. The van der Waals surface area contributed by atoms with E-state index in [9.17, 15) is 4.79 Å². The molecule has 18 heavy (non-hydrogen) atoms. The molecule has 6 nitrogen and oxygen atoms in total. The van der Waals surface area contributed by atoms with Crippen molar-refractivity contribution in [2.75, 3.05) is 11.1 Å². The number of hydrogen-bond donors (Lipinski definition) is 2. The summed E-state index contributed by atoms with van der Waals surface area (Å²) in [6.45, 7) is 1.69. The molecular formula is C9H7Cl2N5OS. The van der Waals surface area contributed by atoms with Crippen molar-refractivity contribution < 1.29 is 4.79 Å². The minimum Gasteiger partial charge on any atom is -0.375 e.